The summed E-state index contributed by atoms with van der Waals surface area (Å²) in [7, 11) is 0. The number of hydrogen-bond acceptors (Lipinski definition) is 2. The summed E-state index contributed by atoms with van der Waals surface area (Å²) in [4.78, 5) is 2.57. The van der Waals surface area contributed by atoms with E-state index in [1.807, 2.05) is 0 Å². The highest BCUT2D eigenvalue weighted by Crippen LogP contribution is 2.28. The van der Waals surface area contributed by atoms with E-state index in [0.717, 1.165) is 6.42 Å². The lowest BCUT2D eigenvalue weighted by Gasteiger charge is -2.14. The molecule has 0 amide bonds. The molecule has 1 unspecified atom stereocenters. The molecular weight excluding hydrogens is 214 g/mol. The van der Waals surface area contributed by atoms with Crippen LogP contribution < -0.4 is 5.73 Å². The van der Waals surface area contributed by atoms with Crippen LogP contribution in [0.15, 0.2) is 36.4 Å². The van der Waals surface area contributed by atoms with Crippen LogP contribution in [0.2, 0.25) is 0 Å². The summed E-state index contributed by atoms with van der Waals surface area (Å²) >= 11 is 1.78. The largest absolute Gasteiger partial charge is 0.320 e. The van der Waals surface area contributed by atoms with Gasteiger partial charge in [-0.1, -0.05) is 31.2 Å². The Kier molecular flexibility index (Phi) is 3.42. The summed E-state index contributed by atoms with van der Waals surface area (Å²) < 4.78 is 0. The summed E-state index contributed by atoms with van der Waals surface area (Å²) in [6.07, 6.45) is 1.04. The minimum Gasteiger partial charge on any atom is -0.320 e. The first kappa shape index (κ1) is 11.4. The van der Waals surface area contributed by atoms with Gasteiger partial charge in [-0.3, -0.25) is 0 Å². The van der Waals surface area contributed by atoms with Crippen molar-refractivity contribution < 1.29 is 0 Å². The van der Waals surface area contributed by atoms with Gasteiger partial charge in [-0.15, -0.1) is 11.3 Å². The van der Waals surface area contributed by atoms with Crippen LogP contribution in [0.25, 0.3) is 0 Å². The summed E-state index contributed by atoms with van der Waals surface area (Å²) in [5, 5.41) is 0. The van der Waals surface area contributed by atoms with Crippen molar-refractivity contribution >= 4 is 11.3 Å². The third-order valence-corrected chi connectivity index (χ3v) is 3.92. The van der Waals surface area contributed by atoms with Gasteiger partial charge in [0.25, 0.3) is 0 Å². The van der Waals surface area contributed by atoms with Crippen LogP contribution in [0, 0.1) is 6.92 Å². The van der Waals surface area contributed by atoms with Crippen molar-refractivity contribution in [3.8, 4) is 0 Å². The van der Waals surface area contributed by atoms with Crippen LogP contribution >= 0.6 is 11.3 Å². The lowest BCUT2D eigenvalue weighted by molar-refractivity contribution is 0.868. The number of rotatable bonds is 3. The Balaban J connectivity index is 2.36. The third-order valence-electron chi connectivity index (χ3n) is 2.84. The molecule has 0 aliphatic rings. The summed E-state index contributed by atoms with van der Waals surface area (Å²) in [5.74, 6) is 0. The Morgan fingerprint density at radius 2 is 1.94 bits per heavy atom. The maximum atomic E-state index is 6.32. The molecular formula is C14H17NS. The van der Waals surface area contributed by atoms with Crippen molar-refractivity contribution in [2.45, 2.75) is 26.3 Å². The van der Waals surface area contributed by atoms with E-state index >= 15 is 0 Å². The maximum Gasteiger partial charge on any atom is 0.0648 e. The van der Waals surface area contributed by atoms with Crippen molar-refractivity contribution in [3.63, 3.8) is 0 Å². The quantitative estimate of drug-likeness (QED) is 0.857. The molecule has 1 aromatic carbocycles. The number of aryl methyl sites for hydroxylation is 2. The average Bonchev–Trinajstić information content (AvgIpc) is 2.75. The molecule has 2 rings (SSSR count). The molecule has 0 bridgehead atoms. The van der Waals surface area contributed by atoms with E-state index in [9.17, 15) is 0 Å². The van der Waals surface area contributed by atoms with Crippen LogP contribution in [-0.4, -0.2) is 0 Å². The minimum absolute atomic E-state index is 0.0230. The average molecular weight is 231 g/mol. The molecule has 1 nitrogen and oxygen atoms in total. The zero-order valence-corrected chi connectivity index (χ0v) is 10.6. The van der Waals surface area contributed by atoms with Gasteiger partial charge in [0.05, 0.1) is 6.04 Å². The topological polar surface area (TPSA) is 26.0 Å². The normalized spacial score (nSPS) is 12.7. The first-order valence-electron chi connectivity index (χ1n) is 5.62. The van der Waals surface area contributed by atoms with Gasteiger partial charge in [-0.05, 0) is 36.6 Å². The molecule has 84 valence electrons. The summed E-state index contributed by atoms with van der Waals surface area (Å²) in [5.41, 5.74) is 8.92. The predicted molar refractivity (Wildman–Crippen MR) is 70.9 cm³/mol. The molecule has 1 atom stereocenters. The van der Waals surface area contributed by atoms with E-state index in [0.29, 0.717) is 0 Å². The van der Waals surface area contributed by atoms with Crippen LogP contribution in [0.1, 0.15) is 33.8 Å². The Morgan fingerprint density at radius 3 is 2.56 bits per heavy atom. The van der Waals surface area contributed by atoms with Crippen molar-refractivity contribution in [1.29, 1.82) is 0 Å². The second kappa shape index (κ2) is 4.81. The molecule has 16 heavy (non-hydrogen) atoms. The number of nitrogens with two attached hydrogens (primary N) is 1. The summed E-state index contributed by atoms with van der Waals surface area (Å²) in [6, 6.07) is 12.7. The molecule has 0 aliphatic heterocycles. The highest BCUT2D eigenvalue weighted by atomic mass is 32.1. The van der Waals surface area contributed by atoms with Gasteiger partial charge in [0.2, 0.25) is 0 Å². The van der Waals surface area contributed by atoms with Gasteiger partial charge in [0.15, 0.2) is 0 Å². The maximum absolute atomic E-state index is 6.32. The van der Waals surface area contributed by atoms with E-state index in [1.54, 1.807) is 11.3 Å². The van der Waals surface area contributed by atoms with Crippen LogP contribution in [0.4, 0.5) is 0 Å². The molecule has 0 spiro atoms. The zero-order chi connectivity index (χ0) is 11.5. The molecule has 0 saturated heterocycles. The van der Waals surface area contributed by atoms with Gasteiger partial charge in [-0.25, -0.2) is 0 Å². The molecule has 2 aromatic rings. The Bertz CT molecular complexity index is 473. The van der Waals surface area contributed by atoms with E-state index in [4.69, 9.17) is 5.73 Å². The number of benzene rings is 1. The SMILES string of the molecule is CCc1ccccc1C(N)c1ccc(C)s1. The van der Waals surface area contributed by atoms with Gasteiger partial charge >= 0.3 is 0 Å². The van der Waals surface area contributed by atoms with Gasteiger partial charge in [-0.2, -0.15) is 0 Å². The van der Waals surface area contributed by atoms with Crippen molar-refractivity contribution in [3.05, 3.63) is 57.3 Å². The Hall–Kier alpha value is -1.12. The first-order valence-corrected chi connectivity index (χ1v) is 6.43. The van der Waals surface area contributed by atoms with E-state index in [1.165, 1.54) is 20.9 Å². The van der Waals surface area contributed by atoms with E-state index < -0.39 is 0 Å². The summed E-state index contributed by atoms with van der Waals surface area (Å²) in [6.45, 7) is 4.29. The molecule has 2 N–H and O–H groups in total. The van der Waals surface area contributed by atoms with Crippen molar-refractivity contribution in [2.24, 2.45) is 5.73 Å². The van der Waals surface area contributed by atoms with Gasteiger partial charge in [0, 0.05) is 9.75 Å². The van der Waals surface area contributed by atoms with Gasteiger partial charge in [0.1, 0.15) is 0 Å². The molecule has 1 aromatic heterocycles. The third kappa shape index (κ3) is 2.18. The standard InChI is InChI=1S/C14H17NS/c1-3-11-6-4-5-7-12(11)14(15)13-9-8-10(2)16-13/h4-9,14H,3,15H2,1-2H3. The smallest absolute Gasteiger partial charge is 0.0648 e. The van der Waals surface area contributed by atoms with E-state index in [2.05, 4.69) is 50.2 Å². The molecule has 0 radical (unpaired) electrons. The minimum atomic E-state index is 0.0230. The molecule has 0 saturated carbocycles. The Morgan fingerprint density at radius 1 is 1.19 bits per heavy atom. The molecule has 0 fully saturated rings. The van der Waals surface area contributed by atoms with Crippen molar-refractivity contribution in [1.82, 2.24) is 0 Å². The Labute approximate surface area is 101 Å². The second-order valence-electron chi connectivity index (χ2n) is 3.98. The molecule has 0 aliphatic carbocycles. The van der Waals surface area contributed by atoms with Crippen molar-refractivity contribution in [2.75, 3.05) is 0 Å². The zero-order valence-electron chi connectivity index (χ0n) is 9.73. The first-order chi connectivity index (χ1) is 7.72. The highest BCUT2D eigenvalue weighted by Gasteiger charge is 2.13. The molecule has 1 heterocycles. The lowest BCUT2D eigenvalue weighted by Crippen LogP contribution is -2.12. The molecule has 2 heteroatoms. The highest BCUT2D eigenvalue weighted by molar-refractivity contribution is 7.12. The monoisotopic (exact) mass is 231 g/mol. The van der Waals surface area contributed by atoms with Gasteiger partial charge < -0.3 is 5.73 Å². The fraction of sp³-hybridized carbons (Fsp3) is 0.286. The van der Waals surface area contributed by atoms with Crippen LogP contribution in [0.5, 0.6) is 0 Å². The van der Waals surface area contributed by atoms with E-state index in [-0.39, 0.29) is 6.04 Å². The van der Waals surface area contributed by atoms with Crippen LogP contribution in [-0.2, 0) is 6.42 Å². The fourth-order valence-electron chi connectivity index (χ4n) is 1.93. The lowest BCUT2D eigenvalue weighted by atomic mass is 9.98. The second-order valence-corrected chi connectivity index (χ2v) is 5.30. The fourth-order valence-corrected chi connectivity index (χ4v) is 2.83. The number of thiophene rings is 1. The predicted octanol–water partition coefficient (Wildman–Crippen LogP) is 3.67. The van der Waals surface area contributed by atoms with Crippen LogP contribution in [0.3, 0.4) is 0 Å². The number of hydrogen-bond donors (Lipinski definition) is 1.